The topological polar surface area (TPSA) is 83.7 Å². The monoisotopic (exact) mass is 275 g/mol. The van der Waals surface area contributed by atoms with Gasteiger partial charge in [0.25, 0.3) is 5.91 Å². The number of fused-ring (bicyclic) bond motifs is 1. The van der Waals surface area contributed by atoms with Gasteiger partial charge in [-0.25, -0.2) is 9.78 Å². The van der Waals surface area contributed by atoms with Gasteiger partial charge in [-0.15, -0.1) is 0 Å². The second kappa shape index (κ2) is 5.73. The van der Waals surface area contributed by atoms with E-state index in [0.717, 1.165) is 5.65 Å². The summed E-state index contributed by atoms with van der Waals surface area (Å²) in [6.45, 7) is 3.83. The largest absolute Gasteiger partial charge is 0.480 e. The molecule has 1 atom stereocenters. The molecule has 1 amide bonds. The zero-order valence-electron chi connectivity index (χ0n) is 11.4. The molecule has 0 aromatic carbocycles. The van der Waals surface area contributed by atoms with E-state index in [-0.39, 0.29) is 5.92 Å². The van der Waals surface area contributed by atoms with E-state index in [2.05, 4.69) is 10.3 Å². The van der Waals surface area contributed by atoms with Gasteiger partial charge in [0.1, 0.15) is 11.7 Å². The highest BCUT2D eigenvalue weighted by atomic mass is 16.4. The molecule has 2 heterocycles. The number of carboxylic acids is 1. The quantitative estimate of drug-likeness (QED) is 0.867. The number of carbonyl (C=O) groups excluding carboxylic acids is 1. The van der Waals surface area contributed by atoms with Crippen LogP contribution in [0.25, 0.3) is 5.65 Å². The lowest BCUT2D eigenvalue weighted by Gasteiger charge is -2.16. The highest BCUT2D eigenvalue weighted by Crippen LogP contribution is 2.08. The van der Waals surface area contributed by atoms with Gasteiger partial charge in [0, 0.05) is 18.6 Å². The van der Waals surface area contributed by atoms with E-state index < -0.39 is 17.9 Å². The maximum Gasteiger partial charge on any atom is 0.326 e. The van der Waals surface area contributed by atoms with E-state index in [9.17, 15) is 9.59 Å². The zero-order valence-corrected chi connectivity index (χ0v) is 11.4. The fraction of sp³-hybridized carbons (Fsp3) is 0.357. The van der Waals surface area contributed by atoms with Crippen LogP contribution in [0, 0.1) is 5.92 Å². The van der Waals surface area contributed by atoms with Crippen LogP contribution in [0.3, 0.4) is 0 Å². The fourth-order valence-corrected chi connectivity index (χ4v) is 1.99. The molecule has 0 fully saturated rings. The molecule has 2 aromatic heterocycles. The second-order valence-electron chi connectivity index (χ2n) is 5.10. The predicted octanol–water partition coefficient (Wildman–Crippen LogP) is 1.56. The van der Waals surface area contributed by atoms with Gasteiger partial charge in [-0.1, -0.05) is 13.8 Å². The summed E-state index contributed by atoms with van der Waals surface area (Å²) in [5.74, 6) is -1.23. The molecule has 106 valence electrons. The average molecular weight is 275 g/mol. The molecule has 2 aromatic rings. The highest BCUT2D eigenvalue weighted by Gasteiger charge is 2.21. The molecule has 0 aliphatic rings. The smallest absolute Gasteiger partial charge is 0.326 e. The van der Waals surface area contributed by atoms with E-state index in [0.29, 0.717) is 12.0 Å². The van der Waals surface area contributed by atoms with Gasteiger partial charge >= 0.3 is 5.97 Å². The first-order valence-electron chi connectivity index (χ1n) is 6.43. The number of aliphatic carboxylic acids is 1. The van der Waals surface area contributed by atoms with Crippen LogP contribution in [0.2, 0.25) is 0 Å². The number of nitrogens with one attached hydrogen (secondary N) is 1. The third-order valence-corrected chi connectivity index (χ3v) is 2.96. The lowest BCUT2D eigenvalue weighted by molar-refractivity contribution is -0.139. The fourth-order valence-electron chi connectivity index (χ4n) is 1.99. The minimum absolute atomic E-state index is 0.188. The molecule has 0 spiro atoms. The number of amides is 1. The summed E-state index contributed by atoms with van der Waals surface area (Å²) in [5, 5.41) is 11.7. The van der Waals surface area contributed by atoms with Crippen LogP contribution in [0.15, 0.2) is 30.7 Å². The van der Waals surface area contributed by atoms with Crippen molar-refractivity contribution in [3.05, 3.63) is 36.3 Å². The number of carbonyl (C=O) groups is 2. The summed E-state index contributed by atoms with van der Waals surface area (Å²) >= 11 is 0. The van der Waals surface area contributed by atoms with Crippen molar-refractivity contribution in [3.8, 4) is 0 Å². The normalized spacial score (nSPS) is 12.6. The van der Waals surface area contributed by atoms with Crippen LogP contribution in [-0.2, 0) is 4.79 Å². The second-order valence-corrected chi connectivity index (χ2v) is 5.10. The van der Waals surface area contributed by atoms with Crippen molar-refractivity contribution in [2.24, 2.45) is 5.92 Å². The van der Waals surface area contributed by atoms with Crippen molar-refractivity contribution >= 4 is 17.5 Å². The van der Waals surface area contributed by atoms with Crippen molar-refractivity contribution < 1.29 is 14.7 Å². The lowest BCUT2D eigenvalue weighted by Crippen LogP contribution is -2.41. The van der Waals surface area contributed by atoms with E-state index in [1.807, 2.05) is 13.8 Å². The lowest BCUT2D eigenvalue weighted by atomic mass is 10.0. The van der Waals surface area contributed by atoms with Gasteiger partial charge in [-0.05, 0) is 24.5 Å². The number of carboxylic acid groups (broad SMARTS) is 1. The molecule has 20 heavy (non-hydrogen) atoms. The van der Waals surface area contributed by atoms with Crippen LogP contribution in [0.4, 0.5) is 0 Å². The molecule has 6 heteroatoms. The van der Waals surface area contributed by atoms with Gasteiger partial charge in [0.05, 0.1) is 5.56 Å². The van der Waals surface area contributed by atoms with E-state index in [4.69, 9.17) is 5.11 Å². The maximum atomic E-state index is 12.1. The van der Waals surface area contributed by atoms with Crippen LogP contribution in [0.5, 0.6) is 0 Å². The first-order chi connectivity index (χ1) is 9.47. The van der Waals surface area contributed by atoms with Gasteiger partial charge in [0.15, 0.2) is 0 Å². The zero-order chi connectivity index (χ0) is 14.7. The molecule has 0 saturated heterocycles. The van der Waals surface area contributed by atoms with Gasteiger partial charge in [-0.2, -0.15) is 0 Å². The number of imidazole rings is 1. The summed E-state index contributed by atoms with van der Waals surface area (Å²) < 4.78 is 1.72. The summed E-state index contributed by atoms with van der Waals surface area (Å²) in [5.41, 5.74) is 1.14. The Bertz CT molecular complexity index is 633. The number of pyridine rings is 1. The number of rotatable bonds is 5. The molecule has 0 bridgehead atoms. The minimum Gasteiger partial charge on any atom is -0.480 e. The van der Waals surface area contributed by atoms with E-state index >= 15 is 0 Å². The number of nitrogens with zero attached hydrogens (tertiary/aromatic N) is 2. The molecule has 0 aliphatic carbocycles. The summed E-state index contributed by atoms with van der Waals surface area (Å²) in [7, 11) is 0. The average Bonchev–Trinajstić information content (AvgIpc) is 2.84. The Morgan fingerprint density at radius 3 is 2.80 bits per heavy atom. The summed E-state index contributed by atoms with van der Waals surface area (Å²) in [6.07, 6.45) is 5.39. The SMILES string of the molecule is CC(C)C[C@@H](NC(=O)c1ccc2nccn2c1)C(=O)O. The van der Waals surface area contributed by atoms with Crippen LogP contribution in [0.1, 0.15) is 30.6 Å². The Balaban J connectivity index is 2.15. The van der Waals surface area contributed by atoms with Gasteiger partial charge in [0.2, 0.25) is 0 Å². The Hall–Kier alpha value is -2.37. The number of hydrogen-bond donors (Lipinski definition) is 2. The predicted molar refractivity (Wildman–Crippen MR) is 73.5 cm³/mol. The first-order valence-corrected chi connectivity index (χ1v) is 6.43. The van der Waals surface area contributed by atoms with Crippen molar-refractivity contribution in [3.63, 3.8) is 0 Å². The molecule has 2 N–H and O–H groups in total. The molecular weight excluding hydrogens is 258 g/mol. The Morgan fingerprint density at radius 2 is 2.15 bits per heavy atom. The first kappa shape index (κ1) is 14.0. The third-order valence-electron chi connectivity index (χ3n) is 2.96. The van der Waals surface area contributed by atoms with Crippen LogP contribution in [-0.4, -0.2) is 32.4 Å². The molecule has 0 aliphatic heterocycles. The van der Waals surface area contributed by atoms with Gasteiger partial charge in [-0.3, -0.25) is 4.79 Å². The molecular formula is C14H17N3O3. The summed E-state index contributed by atoms with van der Waals surface area (Å²) in [6, 6.07) is 2.47. The molecule has 0 radical (unpaired) electrons. The van der Waals surface area contributed by atoms with Crippen molar-refractivity contribution in [2.75, 3.05) is 0 Å². The van der Waals surface area contributed by atoms with Crippen molar-refractivity contribution in [1.82, 2.24) is 14.7 Å². The minimum atomic E-state index is -1.02. The van der Waals surface area contributed by atoms with Crippen LogP contribution >= 0.6 is 0 Å². The van der Waals surface area contributed by atoms with Gasteiger partial charge < -0.3 is 14.8 Å². The van der Waals surface area contributed by atoms with E-state index in [1.54, 1.807) is 35.1 Å². The number of hydrogen-bond acceptors (Lipinski definition) is 3. The molecule has 2 rings (SSSR count). The standard InChI is InChI=1S/C14H17N3O3/c1-9(2)7-11(14(19)20)16-13(18)10-3-4-12-15-5-6-17(12)8-10/h3-6,8-9,11H,7H2,1-2H3,(H,16,18)(H,19,20)/t11-/m1/s1. The highest BCUT2D eigenvalue weighted by molar-refractivity contribution is 5.96. The summed E-state index contributed by atoms with van der Waals surface area (Å²) in [4.78, 5) is 27.3. The third kappa shape index (κ3) is 3.14. The van der Waals surface area contributed by atoms with Crippen molar-refractivity contribution in [2.45, 2.75) is 26.3 Å². The Kier molecular flexibility index (Phi) is 4.02. The van der Waals surface area contributed by atoms with Crippen molar-refractivity contribution in [1.29, 1.82) is 0 Å². The molecule has 0 unspecified atom stereocenters. The molecule has 6 nitrogen and oxygen atoms in total. The number of aromatic nitrogens is 2. The maximum absolute atomic E-state index is 12.1. The Labute approximate surface area is 116 Å². The van der Waals surface area contributed by atoms with E-state index in [1.165, 1.54) is 0 Å². The van der Waals surface area contributed by atoms with Crippen LogP contribution < -0.4 is 5.32 Å². The molecule has 0 saturated carbocycles. The Morgan fingerprint density at radius 1 is 1.40 bits per heavy atom.